The summed E-state index contributed by atoms with van der Waals surface area (Å²) in [5.41, 5.74) is 3.23. The van der Waals surface area contributed by atoms with Crippen molar-refractivity contribution in [2.24, 2.45) is 0 Å². The van der Waals surface area contributed by atoms with Crippen LogP contribution in [0.15, 0.2) is 0 Å². The second-order valence-electron chi connectivity index (χ2n) is 6.10. The first-order valence-electron chi connectivity index (χ1n) is 8.26. The van der Waals surface area contributed by atoms with Crippen molar-refractivity contribution in [3.63, 3.8) is 0 Å². The fourth-order valence-electron chi connectivity index (χ4n) is 3.63. The van der Waals surface area contributed by atoms with Gasteiger partial charge in [-0.2, -0.15) is 5.10 Å². The number of imidazole rings is 1. The summed E-state index contributed by atoms with van der Waals surface area (Å²) in [4.78, 5) is 4.78. The molecule has 1 fully saturated rings. The van der Waals surface area contributed by atoms with Crippen LogP contribution < -0.4 is 0 Å². The summed E-state index contributed by atoms with van der Waals surface area (Å²) in [6.45, 7) is 5.06. The van der Waals surface area contributed by atoms with Crippen LogP contribution in [0.2, 0.25) is 0 Å². The Morgan fingerprint density at radius 3 is 2.43 bits per heavy atom. The largest absolute Gasteiger partial charge is 0.309 e. The molecule has 0 bridgehead atoms. The van der Waals surface area contributed by atoms with Gasteiger partial charge in [-0.1, -0.05) is 32.1 Å². The topological polar surface area (TPSA) is 35.6 Å². The molecular formula is C16H25ClN4. The third-order valence-electron chi connectivity index (χ3n) is 4.68. The maximum Gasteiger partial charge on any atom is 0.159 e. The highest BCUT2D eigenvalue weighted by molar-refractivity contribution is 6.16. The van der Waals surface area contributed by atoms with Crippen molar-refractivity contribution < 1.29 is 0 Å². The Balaban J connectivity index is 2.09. The first-order chi connectivity index (χ1) is 10.3. The van der Waals surface area contributed by atoms with Gasteiger partial charge in [-0.25, -0.2) is 9.67 Å². The van der Waals surface area contributed by atoms with Crippen LogP contribution >= 0.6 is 11.6 Å². The number of alkyl halides is 1. The van der Waals surface area contributed by atoms with Crippen LogP contribution in [0.3, 0.4) is 0 Å². The van der Waals surface area contributed by atoms with E-state index in [9.17, 15) is 0 Å². The number of aromatic nitrogens is 4. The van der Waals surface area contributed by atoms with E-state index in [2.05, 4.69) is 21.3 Å². The van der Waals surface area contributed by atoms with Crippen molar-refractivity contribution in [1.82, 2.24) is 19.3 Å². The third kappa shape index (κ3) is 2.70. The second kappa shape index (κ2) is 6.39. The second-order valence-corrected chi connectivity index (χ2v) is 6.37. The third-order valence-corrected chi connectivity index (χ3v) is 4.91. The van der Waals surface area contributed by atoms with Crippen LogP contribution in [0.4, 0.5) is 0 Å². The first-order valence-corrected chi connectivity index (χ1v) is 8.80. The van der Waals surface area contributed by atoms with Crippen LogP contribution in [0.1, 0.15) is 69.4 Å². The Hall–Kier alpha value is -1.03. The fourth-order valence-corrected chi connectivity index (χ4v) is 3.81. The predicted molar refractivity (Wildman–Crippen MR) is 86.8 cm³/mol. The van der Waals surface area contributed by atoms with Gasteiger partial charge in [-0.15, -0.1) is 11.6 Å². The molecule has 0 aromatic carbocycles. The molecule has 0 aliphatic heterocycles. The van der Waals surface area contributed by atoms with Gasteiger partial charge >= 0.3 is 0 Å². The molecule has 0 atom stereocenters. The molecule has 0 unspecified atom stereocenters. The Kier molecular flexibility index (Phi) is 4.53. The number of aryl methyl sites for hydroxylation is 2. The van der Waals surface area contributed by atoms with E-state index in [1.165, 1.54) is 50.6 Å². The Morgan fingerprint density at radius 2 is 1.81 bits per heavy atom. The van der Waals surface area contributed by atoms with Crippen molar-refractivity contribution in [1.29, 1.82) is 0 Å². The Morgan fingerprint density at radius 1 is 1.14 bits per heavy atom. The van der Waals surface area contributed by atoms with Crippen molar-refractivity contribution in [3.8, 4) is 0 Å². The summed E-state index contributed by atoms with van der Waals surface area (Å²) >= 11 is 6.19. The summed E-state index contributed by atoms with van der Waals surface area (Å²) in [5, 5.41) is 4.63. The Labute approximate surface area is 131 Å². The van der Waals surface area contributed by atoms with E-state index < -0.39 is 0 Å². The number of rotatable bonds is 3. The van der Waals surface area contributed by atoms with Gasteiger partial charge < -0.3 is 4.57 Å². The van der Waals surface area contributed by atoms with Gasteiger partial charge in [-0.05, 0) is 26.7 Å². The molecule has 0 saturated heterocycles. The number of fused-ring (bicyclic) bond motifs is 1. The van der Waals surface area contributed by atoms with Crippen molar-refractivity contribution in [2.45, 2.75) is 77.3 Å². The van der Waals surface area contributed by atoms with Gasteiger partial charge in [0.1, 0.15) is 11.3 Å². The van der Waals surface area contributed by atoms with E-state index in [4.69, 9.17) is 16.6 Å². The molecule has 0 radical (unpaired) electrons. The van der Waals surface area contributed by atoms with Gasteiger partial charge in [0.05, 0.1) is 11.6 Å². The maximum atomic E-state index is 6.19. The molecule has 1 aliphatic rings. The predicted octanol–water partition coefficient (Wildman–Crippen LogP) is 4.59. The molecule has 1 aliphatic carbocycles. The minimum absolute atomic E-state index is 0.480. The van der Waals surface area contributed by atoms with Gasteiger partial charge in [0.15, 0.2) is 5.65 Å². The molecule has 0 amide bonds. The normalized spacial score (nSPS) is 18.0. The Bertz CT molecular complexity index is 605. The molecule has 2 aromatic heterocycles. The molecule has 0 N–H and O–H groups in total. The lowest BCUT2D eigenvalue weighted by molar-refractivity contribution is 0.368. The van der Waals surface area contributed by atoms with E-state index >= 15 is 0 Å². The average molecular weight is 309 g/mol. The van der Waals surface area contributed by atoms with E-state index in [0.717, 1.165) is 23.6 Å². The summed E-state index contributed by atoms with van der Waals surface area (Å²) in [6, 6.07) is 0.533. The zero-order chi connectivity index (χ0) is 14.8. The smallest absolute Gasteiger partial charge is 0.159 e. The number of nitrogens with zero attached hydrogens (tertiary/aromatic N) is 4. The summed E-state index contributed by atoms with van der Waals surface area (Å²) in [6.07, 6.45) is 9.21. The minimum atomic E-state index is 0.480. The zero-order valence-electron chi connectivity index (χ0n) is 13.1. The molecule has 116 valence electrons. The first kappa shape index (κ1) is 14.9. The molecular weight excluding hydrogens is 284 g/mol. The quantitative estimate of drug-likeness (QED) is 0.778. The lowest BCUT2D eigenvalue weighted by Gasteiger charge is -2.23. The molecule has 2 aromatic rings. The summed E-state index contributed by atoms with van der Waals surface area (Å²) in [5.74, 6) is 1.49. The van der Waals surface area contributed by atoms with Gasteiger partial charge in [-0.3, -0.25) is 0 Å². The lowest BCUT2D eigenvalue weighted by Crippen LogP contribution is -2.16. The molecule has 2 heterocycles. The van der Waals surface area contributed by atoms with Gasteiger partial charge in [0.2, 0.25) is 0 Å². The van der Waals surface area contributed by atoms with Crippen LogP contribution in [0.5, 0.6) is 0 Å². The van der Waals surface area contributed by atoms with E-state index in [1.807, 2.05) is 6.92 Å². The fraction of sp³-hybridized carbons (Fsp3) is 0.750. The zero-order valence-corrected chi connectivity index (χ0v) is 13.9. The average Bonchev–Trinajstić information content (AvgIpc) is 2.97. The van der Waals surface area contributed by atoms with Crippen LogP contribution in [0, 0.1) is 6.92 Å². The molecule has 5 heteroatoms. The van der Waals surface area contributed by atoms with Crippen LogP contribution in [0.25, 0.3) is 11.2 Å². The molecule has 4 nitrogen and oxygen atoms in total. The van der Waals surface area contributed by atoms with Crippen LogP contribution in [-0.4, -0.2) is 19.3 Å². The monoisotopic (exact) mass is 308 g/mol. The van der Waals surface area contributed by atoms with Crippen molar-refractivity contribution >= 4 is 22.8 Å². The maximum absolute atomic E-state index is 6.19. The highest BCUT2D eigenvalue weighted by atomic mass is 35.5. The SMILES string of the molecule is CCn1nc(C)c2nc(CCl)n(C3CCCCCCC3)c21. The highest BCUT2D eigenvalue weighted by Gasteiger charge is 2.23. The minimum Gasteiger partial charge on any atom is -0.309 e. The van der Waals surface area contributed by atoms with Crippen molar-refractivity contribution in [2.75, 3.05) is 0 Å². The summed E-state index contributed by atoms with van der Waals surface area (Å²) in [7, 11) is 0. The molecule has 3 rings (SSSR count). The molecule has 1 saturated carbocycles. The number of hydrogen-bond donors (Lipinski definition) is 0. The van der Waals surface area contributed by atoms with E-state index in [1.54, 1.807) is 0 Å². The van der Waals surface area contributed by atoms with Crippen molar-refractivity contribution in [3.05, 3.63) is 11.5 Å². The standard InChI is InChI=1S/C16H25ClN4/c1-3-20-16-15(12(2)19-20)18-14(11-17)21(16)13-9-7-5-4-6-8-10-13/h13H,3-11H2,1-2H3. The summed E-state index contributed by atoms with van der Waals surface area (Å²) < 4.78 is 4.49. The highest BCUT2D eigenvalue weighted by Crippen LogP contribution is 2.32. The molecule has 0 spiro atoms. The van der Waals surface area contributed by atoms with E-state index in [0.29, 0.717) is 11.9 Å². The van der Waals surface area contributed by atoms with Gasteiger partial charge in [0, 0.05) is 12.6 Å². The van der Waals surface area contributed by atoms with Gasteiger partial charge in [0.25, 0.3) is 0 Å². The molecule has 21 heavy (non-hydrogen) atoms. The van der Waals surface area contributed by atoms with E-state index in [-0.39, 0.29) is 0 Å². The number of halogens is 1. The lowest BCUT2D eigenvalue weighted by atomic mass is 9.96. The number of hydrogen-bond acceptors (Lipinski definition) is 2. The van der Waals surface area contributed by atoms with Crippen LogP contribution in [-0.2, 0) is 12.4 Å².